The number of hydrogen-bond donors (Lipinski definition) is 1. The second-order valence-electron chi connectivity index (χ2n) is 6.43. The first kappa shape index (κ1) is 23.8. The number of likely N-dealkylation sites (N-methyl/N-ethyl adjacent to an activating group) is 1. The Morgan fingerprint density at radius 1 is 1.26 bits per heavy atom. The monoisotopic (exact) mass is 490 g/mol. The van der Waals surface area contributed by atoms with E-state index >= 15 is 0 Å². The van der Waals surface area contributed by atoms with E-state index in [0.717, 1.165) is 49.2 Å². The average molecular weight is 490 g/mol. The van der Waals surface area contributed by atoms with Crippen LogP contribution in [0.1, 0.15) is 32.8 Å². The van der Waals surface area contributed by atoms with Gasteiger partial charge in [-0.2, -0.15) is 0 Å². The SMILES string of the molecule is CCOc1cc(CNC(=NC)N2CCC(N(CC)CC)C2)ccc1OC.I. The molecule has 1 aromatic rings. The van der Waals surface area contributed by atoms with Crippen molar-refractivity contribution in [3.8, 4) is 11.5 Å². The fraction of sp³-hybridized carbons (Fsp3) is 0.650. The Morgan fingerprint density at radius 3 is 2.59 bits per heavy atom. The number of rotatable bonds is 8. The highest BCUT2D eigenvalue weighted by molar-refractivity contribution is 14.0. The molecule has 0 radical (unpaired) electrons. The number of benzene rings is 1. The summed E-state index contributed by atoms with van der Waals surface area (Å²) in [4.78, 5) is 9.37. The van der Waals surface area contributed by atoms with Gasteiger partial charge in [-0.25, -0.2) is 0 Å². The van der Waals surface area contributed by atoms with Crippen LogP contribution in [0.5, 0.6) is 11.5 Å². The van der Waals surface area contributed by atoms with E-state index in [1.54, 1.807) is 7.11 Å². The van der Waals surface area contributed by atoms with Crippen LogP contribution in [0.4, 0.5) is 0 Å². The first-order valence-corrected chi connectivity index (χ1v) is 9.66. The average Bonchev–Trinajstić information content (AvgIpc) is 3.13. The van der Waals surface area contributed by atoms with Gasteiger partial charge in [-0.3, -0.25) is 9.89 Å². The van der Waals surface area contributed by atoms with Crippen LogP contribution < -0.4 is 14.8 Å². The lowest BCUT2D eigenvalue weighted by atomic mass is 10.2. The second-order valence-corrected chi connectivity index (χ2v) is 6.43. The molecule has 27 heavy (non-hydrogen) atoms. The Balaban J connectivity index is 0.00000364. The molecule has 1 atom stereocenters. The Labute approximate surface area is 181 Å². The van der Waals surface area contributed by atoms with E-state index in [4.69, 9.17) is 9.47 Å². The standard InChI is InChI=1S/C20H34N4O2.HI/c1-6-23(7-2)17-11-12-24(15-17)20(21-4)22-14-16-9-10-18(25-5)19(13-16)26-8-3;/h9-10,13,17H,6-8,11-12,14-15H2,1-5H3,(H,21,22);1H. The molecule has 1 heterocycles. The van der Waals surface area contributed by atoms with Gasteiger partial charge in [0.25, 0.3) is 0 Å². The van der Waals surface area contributed by atoms with Crippen molar-refractivity contribution in [1.82, 2.24) is 15.1 Å². The summed E-state index contributed by atoms with van der Waals surface area (Å²) in [7, 11) is 3.52. The molecule has 1 unspecified atom stereocenters. The van der Waals surface area contributed by atoms with Crippen molar-refractivity contribution < 1.29 is 9.47 Å². The highest BCUT2D eigenvalue weighted by atomic mass is 127. The van der Waals surface area contributed by atoms with Crippen LogP contribution in [0.2, 0.25) is 0 Å². The van der Waals surface area contributed by atoms with E-state index in [9.17, 15) is 0 Å². The topological polar surface area (TPSA) is 49.3 Å². The molecule has 1 fully saturated rings. The van der Waals surface area contributed by atoms with Crippen molar-refractivity contribution in [2.24, 2.45) is 4.99 Å². The fourth-order valence-corrected chi connectivity index (χ4v) is 3.59. The van der Waals surface area contributed by atoms with Crippen LogP contribution in [0.25, 0.3) is 0 Å². The van der Waals surface area contributed by atoms with E-state index in [0.29, 0.717) is 19.2 Å². The largest absolute Gasteiger partial charge is 0.493 e. The molecule has 0 bridgehead atoms. The lowest BCUT2D eigenvalue weighted by Crippen LogP contribution is -2.43. The summed E-state index contributed by atoms with van der Waals surface area (Å²) in [5.41, 5.74) is 1.15. The van der Waals surface area contributed by atoms with Gasteiger partial charge in [0.1, 0.15) is 0 Å². The van der Waals surface area contributed by atoms with Crippen LogP contribution >= 0.6 is 24.0 Å². The molecular formula is C20H35IN4O2. The Morgan fingerprint density at radius 2 is 2.00 bits per heavy atom. The van der Waals surface area contributed by atoms with E-state index in [1.807, 2.05) is 26.1 Å². The van der Waals surface area contributed by atoms with Crippen LogP contribution in [-0.4, -0.2) is 68.7 Å². The molecular weight excluding hydrogens is 455 g/mol. The molecule has 7 heteroatoms. The zero-order valence-electron chi connectivity index (χ0n) is 17.3. The number of aliphatic imine (C=N–C) groups is 1. The maximum Gasteiger partial charge on any atom is 0.193 e. The van der Waals surface area contributed by atoms with Crippen molar-refractivity contribution in [2.45, 2.75) is 39.8 Å². The van der Waals surface area contributed by atoms with Crippen LogP contribution in [0.3, 0.4) is 0 Å². The van der Waals surface area contributed by atoms with Gasteiger partial charge < -0.3 is 19.7 Å². The van der Waals surface area contributed by atoms with E-state index < -0.39 is 0 Å². The number of nitrogens with one attached hydrogen (secondary N) is 1. The Bertz CT molecular complexity index is 593. The van der Waals surface area contributed by atoms with Gasteiger partial charge in [0, 0.05) is 32.7 Å². The van der Waals surface area contributed by atoms with E-state index in [1.165, 1.54) is 6.42 Å². The van der Waals surface area contributed by atoms with Crippen molar-refractivity contribution in [3.05, 3.63) is 23.8 Å². The summed E-state index contributed by atoms with van der Waals surface area (Å²) in [5, 5.41) is 3.49. The van der Waals surface area contributed by atoms with Gasteiger partial charge in [0.15, 0.2) is 17.5 Å². The maximum atomic E-state index is 5.67. The molecule has 0 aromatic heterocycles. The second kappa shape index (κ2) is 12.3. The van der Waals surface area contributed by atoms with Crippen molar-refractivity contribution in [1.29, 1.82) is 0 Å². The predicted octanol–water partition coefficient (Wildman–Crippen LogP) is 3.20. The minimum absolute atomic E-state index is 0. The number of likely N-dealkylation sites (tertiary alicyclic amines) is 1. The van der Waals surface area contributed by atoms with E-state index in [2.05, 4.69) is 40.0 Å². The number of guanidine groups is 1. The molecule has 0 spiro atoms. The number of methoxy groups -OCH3 is 1. The Hall–Kier alpha value is -1.22. The smallest absolute Gasteiger partial charge is 0.193 e. The van der Waals surface area contributed by atoms with Gasteiger partial charge in [-0.05, 0) is 44.1 Å². The molecule has 2 rings (SSSR count). The molecule has 1 saturated heterocycles. The van der Waals surface area contributed by atoms with Gasteiger partial charge in [-0.15, -0.1) is 24.0 Å². The third-order valence-electron chi connectivity index (χ3n) is 4.98. The molecule has 1 aliphatic heterocycles. The molecule has 0 aliphatic carbocycles. The number of nitrogens with zero attached hydrogens (tertiary/aromatic N) is 3. The number of ether oxygens (including phenoxy) is 2. The Kier molecular flexibility index (Phi) is 10.8. The van der Waals surface area contributed by atoms with Crippen LogP contribution in [0, 0.1) is 0 Å². The number of hydrogen-bond acceptors (Lipinski definition) is 4. The molecule has 0 amide bonds. The van der Waals surface area contributed by atoms with Crippen LogP contribution in [0.15, 0.2) is 23.2 Å². The molecule has 1 aliphatic rings. The lowest BCUT2D eigenvalue weighted by Gasteiger charge is -2.27. The van der Waals surface area contributed by atoms with Crippen molar-refractivity contribution >= 4 is 29.9 Å². The summed E-state index contributed by atoms with van der Waals surface area (Å²) in [6, 6.07) is 6.67. The minimum atomic E-state index is 0. The fourth-order valence-electron chi connectivity index (χ4n) is 3.59. The summed E-state index contributed by atoms with van der Waals surface area (Å²) in [6.07, 6.45) is 1.19. The first-order chi connectivity index (χ1) is 12.7. The summed E-state index contributed by atoms with van der Waals surface area (Å²) >= 11 is 0. The molecule has 1 N–H and O–H groups in total. The highest BCUT2D eigenvalue weighted by Crippen LogP contribution is 2.28. The predicted molar refractivity (Wildman–Crippen MR) is 123 cm³/mol. The van der Waals surface area contributed by atoms with Gasteiger partial charge in [0.05, 0.1) is 13.7 Å². The third kappa shape index (κ3) is 6.41. The molecule has 6 nitrogen and oxygen atoms in total. The third-order valence-corrected chi connectivity index (χ3v) is 4.98. The molecule has 1 aromatic carbocycles. The first-order valence-electron chi connectivity index (χ1n) is 9.66. The summed E-state index contributed by atoms with van der Waals surface area (Å²) in [6.45, 7) is 12.1. The zero-order chi connectivity index (χ0) is 18.9. The lowest BCUT2D eigenvalue weighted by molar-refractivity contribution is 0.223. The van der Waals surface area contributed by atoms with Crippen molar-refractivity contribution in [3.63, 3.8) is 0 Å². The molecule has 154 valence electrons. The quantitative estimate of drug-likeness (QED) is 0.345. The minimum Gasteiger partial charge on any atom is -0.493 e. The zero-order valence-corrected chi connectivity index (χ0v) is 19.7. The van der Waals surface area contributed by atoms with Gasteiger partial charge in [0.2, 0.25) is 0 Å². The van der Waals surface area contributed by atoms with Gasteiger partial charge in [-0.1, -0.05) is 19.9 Å². The maximum absolute atomic E-state index is 5.67. The summed E-state index contributed by atoms with van der Waals surface area (Å²) < 4.78 is 11.0. The molecule has 0 saturated carbocycles. The summed E-state index contributed by atoms with van der Waals surface area (Å²) in [5.74, 6) is 2.52. The van der Waals surface area contributed by atoms with E-state index in [-0.39, 0.29) is 24.0 Å². The normalized spacial score (nSPS) is 17.0. The van der Waals surface area contributed by atoms with Gasteiger partial charge >= 0.3 is 0 Å². The van der Waals surface area contributed by atoms with Crippen molar-refractivity contribution in [2.75, 3.05) is 46.9 Å². The number of halogens is 1. The van der Waals surface area contributed by atoms with Crippen LogP contribution in [-0.2, 0) is 6.54 Å². The highest BCUT2D eigenvalue weighted by Gasteiger charge is 2.27.